The van der Waals surface area contributed by atoms with Gasteiger partial charge in [-0.1, -0.05) is 30.3 Å². The number of piperazine rings is 1. The maximum absolute atomic E-state index is 16.1. The van der Waals surface area contributed by atoms with Crippen molar-refractivity contribution >= 4 is 11.8 Å². The Balaban J connectivity index is 1.34. The Labute approximate surface area is 223 Å². The molecule has 5 rings (SSSR count). The number of hydrogen-bond donors (Lipinski definition) is 1. The van der Waals surface area contributed by atoms with Gasteiger partial charge in [-0.3, -0.25) is 0 Å². The molecular weight excluding hydrogens is 487 g/mol. The number of likely N-dealkylation sites (N-methyl/N-ethyl adjacent to an activating group) is 1. The van der Waals surface area contributed by atoms with Crippen LogP contribution in [0.2, 0.25) is 0 Å². The molecule has 2 atom stereocenters. The van der Waals surface area contributed by atoms with Crippen molar-refractivity contribution in [2.24, 2.45) is 0 Å². The lowest BCUT2D eigenvalue weighted by atomic mass is 10.0. The van der Waals surface area contributed by atoms with Crippen molar-refractivity contribution < 1.29 is 18.7 Å². The fraction of sp³-hybridized carbons (Fsp3) is 0.536. The van der Waals surface area contributed by atoms with Gasteiger partial charge >= 0.3 is 6.09 Å². The largest absolute Gasteiger partial charge is 0.474 e. The number of nitrogens with zero attached hydrogens (tertiary/aromatic N) is 5. The van der Waals surface area contributed by atoms with E-state index in [1.54, 1.807) is 4.90 Å². The Kier molecular flexibility index (Phi) is 8.25. The molecule has 3 aliphatic rings. The van der Waals surface area contributed by atoms with Gasteiger partial charge in [-0.2, -0.15) is 9.65 Å². The summed E-state index contributed by atoms with van der Waals surface area (Å²) in [5.74, 6) is -0.425. The first kappa shape index (κ1) is 26.2. The van der Waals surface area contributed by atoms with Crippen LogP contribution in [0.3, 0.4) is 0 Å². The van der Waals surface area contributed by atoms with Crippen LogP contribution in [0, 0.1) is 17.1 Å². The number of nitriles is 1. The summed E-state index contributed by atoms with van der Waals surface area (Å²) in [7, 11) is 2.06. The van der Waals surface area contributed by atoms with Crippen molar-refractivity contribution in [1.29, 1.82) is 5.26 Å². The van der Waals surface area contributed by atoms with Gasteiger partial charge in [0.25, 0.3) is 5.88 Å². The number of rotatable bonds is 7. The molecule has 3 aliphatic heterocycles. The van der Waals surface area contributed by atoms with Crippen molar-refractivity contribution in [3.05, 3.63) is 53.0 Å². The van der Waals surface area contributed by atoms with Crippen molar-refractivity contribution in [3.8, 4) is 11.9 Å². The number of carbonyl (C=O) groups is 1. The van der Waals surface area contributed by atoms with Gasteiger partial charge in [-0.05, 0) is 45.0 Å². The smallest absolute Gasteiger partial charge is 0.410 e. The van der Waals surface area contributed by atoms with Crippen molar-refractivity contribution in [1.82, 2.24) is 20.1 Å². The van der Waals surface area contributed by atoms with Gasteiger partial charge in [-0.15, -0.1) is 0 Å². The minimum atomic E-state index is -0.458. The zero-order valence-corrected chi connectivity index (χ0v) is 21.9. The van der Waals surface area contributed by atoms with Crippen LogP contribution in [0.15, 0.2) is 30.3 Å². The maximum atomic E-state index is 16.1. The molecule has 1 aromatic heterocycles. The first-order valence-corrected chi connectivity index (χ1v) is 13.4. The van der Waals surface area contributed by atoms with E-state index in [0.717, 1.165) is 42.8 Å². The van der Waals surface area contributed by atoms with Gasteiger partial charge in [-0.25, -0.2) is 9.78 Å². The van der Waals surface area contributed by atoms with E-state index in [4.69, 9.17) is 9.47 Å². The molecule has 1 aromatic carbocycles. The first-order valence-electron chi connectivity index (χ1n) is 13.4. The van der Waals surface area contributed by atoms with E-state index in [0.29, 0.717) is 44.9 Å². The van der Waals surface area contributed by atoms with Crippen molar-refractivity contribution in [3.63, 3.8) is 0 Å². The Bertz CT molecular complexity index is 1170. The molecule has 1 amide bonds. The number of likely N-dealkylation sites (tertiary alicyclic amines) is 1. The normalized spacial score (nSPS) is 21.6. The van der Waals surface area contributed by atoms with E-state index in [2.05, 4.69) is 28.3 Å². The molecule has 2 aromatic rings. The standard InChI is InChI=1S/C28H35FN6O3/c1-33-13-5-8-22(33)19-37-27-25(29)26(23-10-12-31-16-24(23)32-27)34-14-15-35(21(17-34)9-11-30)28(36)38-18-20-6-3-2-4-7-20/h2-4,6-7,21-22,31H,5,8-10,12-19H2,1H3/t21-,22-/m0/s1. The molecule has 2 saturated heterocycles. The predicted molar refractivity (Wildman–Crippen MR) is 140 cm³/mol. The molecular formula is C28H35FN6O3. The molecule has 0 unspecified atom stereocenters. The quantitative estimate of drug-likeness (QED) is 0.593. The van der Waals surface area contributed by atoms with Gasteiger partial charge < -0.3 is 29.5 Å². The summed E-state index contributed by atoms with van der Waals surface area (Å²) >= 11 is 0. The fourth-order valence-corrected chi connectivity index (χ4v) is 5.61. The molecule has 0 spiro atoms. The van der Waals surface area contributed by atoms with Crippen molar-refractivity contribution in [2.45, 2.75) is 50.9 Å². The van der Waals surface area contributed by atoms with Gasteiger partial charge in [0.05, 0.1) is 29.9 Å². The van der Waals surface area contributed by atoms with E-state index in [9.17, 15) is 10.1 Å². The lowest BCUT2D eigenvalue weighted by Gasteiger charge is -2.42. The lowest BCUT2D eigenvalue weighted by molar-refractivity contribution is 0.0768. The maximum Gasteiger partial charge on any atom is 0.410 e. The van der Waals surface area contributed by atoms with E-state index in [-0.39, 0.29) is 24.9 Å². The van der Waals surface area contributed by atoms with Crippen molar-refractivity contribution in [2.75, 3.05) is 51.3 Å². The number of pyridine rings is 1. The van der Waals surface area contributed by atoms with E-state index in [1.807, 2.05) is 35.2 Å². The summed E-state index contributed by atoms with van der Waals surface area (Å²) in [6.07, 6.45) is 2.46. The van der Waals surface area contributed by atoms with Crippen LogP contribution in [-0.4, -0.2) is 79.3 Å². The monoisotopic (exact) mass is 522 g/mol. The number of hydrogen-bond acceptors (Lipinski definition) is 8. The average molecular weight is 523 g/mol. The third-order valence-electron chi connectivity index (χ3n) is 7.76. The Morgan fingerprint density at radius 3 is 2.84 bits per heavy atom. The summed E-state index contributed by atoms with van der Waals surface area (Å²) in [6, 6.07) is 11.5. The number of aromatic nitrogens is 1. The van der Waals surface area contributed by atoms with Crippen LogP contribution in [-0.2, 0) is 24.3 Å². The number of nitrogens with one attached hydrogen (secondary N) is 1. The Hall–Kier alpha value is -3.42. The molecule has 38 heavy (non-hydrogen) atoms. The highest BCUT2D eigenvalue weighted by atomic mass is 19.1. The third-order valence-corrected chi connectivity index (χ3v) is 7.76. The zero-order chi connectivity index (χ0) is 26.5. The number of halogens is 1. The highest BCUT2D eigenvalue weighted by Crippen LogP contribution is 2.36. The van der Waals surface area contributed by atoms with Crippen LogP contribution in [0.5, 0.6) is 5.88 Å². The predicted octanol–water partition coefficient (Wildman–Crippen LogP) is 3.08. The zero-order valence-electron chi connectivity index (χ0n) is 21.9. The van der Waals surface area contributed by atoms with Gasteiger partial charge in [0.1, 0.15) is 13.2 Å². The van der Waals surface area contributed by atoms with Gasteiger partial charge in [0.2, 0.25) is 5.82 Å². The molecule has 0 aliphatic carbocycles. The van der Waals surface area contributed by atoms with Crippen LogP contribution >= 0.6 is 0 Å². The van der Waals surface area contributed by atoms with Gasteiger partial charge in [0, 0.05) is 37.8 Å². The average Bonchev–Trinajstić information content (AvgIpc) is 3.35. The molecule has 0 bridgehead atoms. The first-order chi connectivity index (χ1) is 18.5. The molecule has 2 fully saturated rings. The lowest BCUT2D eigenvalue weighted by Crippen LogP contribution is -2.55. The molecule has 10 heteroatoms. The number of carbonyl (C=O) groups excluding carboxylic acids is 1. The second-order valence-electron chi connectivity index (χ2n) is 10.2. The summed E-state index contributed by atoms with van der Waals surface area (Å²) < 4.78 is 27.6. The summed E-state index contributed by atoms with van der Waals surface area (Å²) in [5, 5.41) is 12.8. The molecule has 4 heterocycles. The number of anilines is 1. The highest BCUT2D eigenvalue weighted by Gasteiger charge is 2.35. The summed E-state index contributed by atoms with van der Waals surface area (Å²) in [4.78, 5) is 23.3. The molecule has 0 saturated carbocycles. The van der Waals surface area contributed by atoms with Crippen LogP contribution in [0.1, 0.15) is 36.1 Å². The fourth-order valence-electron chi connectivity index (χ4n) is 5.61. The Morgan fingerprint density at radius 2 is 2.08 bits per heavy atom. The number of ether oxygens (including phenoxy) is 2. The minimum Gasteiger partial charge on any atom is -0.474 e. The van der Waals surface area contributed by atoms with Crippen LogP contribution < -0.4 is 15.0 Å². The van der Waals surface area contributed by atoms with E-state index < -0.39 is 18.0 Å². The summed E-state index contributed by atoms with van der Waals surface area (Å²) in [5.41, 5.74) is 3.06. The number of fused-ring (bicyclic) bond motifs is 1. The van der Waals surface area contributed by atoms with E-state index >= 15 is 4.39 Å². The van der Waals surface area contributed by atoms with Crippen LogP contribution in [0.25, 0.3) is 0 Å². The minimum absolute atomic E-state index is 0.0317. The second-order valence-corrected chi connectivity index (χ2v) is 10.2. The molecule has 1 N–H and O–H groups in total. The number of amides is 1. The molecule has 202 valence electrons. The Morgan fingerprint density at radius 1 is 1.24 bits per heavy atom. The SMILES string of the molecule is CN1CCC[C@H]1COc1nc2c(c(N3CCN(C(=O)OCc4ccccc4)[C@@H](CC#N)C3)c1F)CCNC2. The topological polar surface area (TPSA) is 94.0 Å². The highest BCUT2D eigenvalue weighted by molar-refractivity contribution is 5.69. The summed E-state index contributed by atoms with van der Waals surface area (Å²) in [6.45, 7) is 3.95. The van der Waals surface area contributed by atoms with Gasteiger partial charge in [0.15, 0.2) is 0 Å². The third kappa shape index (κ3) is 5.69. The second kappa shape index (κ2) is 12.0. The number of benzene rings is 1. The van der Waals surface area contributed by atoms with E-state index in [1.165, 1.54) is 0 Å². The molecule has 0 radical (unpaired) electrons. The molecule has 9 nitrogen and oxygen atoms in total. The van der Waals surface area contributed by atoms with Crippen LogP contribution in [0.4, 0.5) is 14.9 Å².